The second-order valence-corrected chi connectivity index (χ2v) is 7.70. The van der Waals surface area contributed by atoms with Crippen molar-refractivity contribution in [3.8, 4) is 5.75 Å². The average Bonchev–Trinajstić information content (AvgIpc) is 2.77. The Labute approximate surface area is 199 Å². The third kappa shape index (κ3) is 5.87. The zero-order valence-corrected chi connectivity index (χ0v) is 18.1. The molecule has 1 aliphatic heterocycles. The zero-order chi connectivity index (χ0) is 26.8. The Morgan fingerprint density at radius 2 is 1.86 bits per heavy atom. The molecule has 14 heteroatoms. The molecule has 0 radical (unpaired) electrons. The Kier molecular flexibility index (Phi) is 7.48. The van der Waals surface area contributed by atoms with Crippen molar-refractivity contribution in [2.75, 3.05) is 11.9 Å². The standard InChI is InChI=1S/C22H19F7N4O3/c23-15-6-5-12(7-16(15)36-22(27,28)29)32-19(34)17-13-3-1-2-4-14(13)20(35)33(10-21(24,25)26)18(17)11(8-30)9-31/h1-9,17-19,30,32,34H,10,31H2/t17-,18+,19?/m0/s1. The molecule has 2 aromatic carbocycles. The van der Waals surface area contributed by atoms with Gasteiger partial charge >= 0.3 is 12.5 Å². The molecule has 1 aliphatic rings. The lowest BCUT2D eigenvalue weighted by Crippen LogP contribution is -2.56. The van der Waals surface area contributed by atoms with E-state index in [1.807, 2.05) is 0 Å². The summed E-state index contributed by atoms with van der Waals surface area (Å²) in [6.07, 6.45) is -10.5. The van der Waals surface area contributed by atoms with Gasteiger partial charge in [-0.1, -0.05) is 18.2 Å². The van der Waals surface area contributed by atoms with Gasteiger partial charge in [-0.25, -0.2) is 4.39 Å². The van der Waals surface area contributed by atoms with Gasteiger partial charge in [0.25, 0.3) is 5.91 Å². The van der Waals surface area contributed by atoms with E-state index in [1.165, 1.54) is 24.3 Å². The van der Waals surface area contributed by atoms with Crippen LogP contribution in [0.3, 0.4) is 0 Å². The Morgan fingerprint density at radius 1 is 1.19 bits per heavy atom. The van der Waals surface area contributed by atoms with Crippen LogP contribution in [0.2, 0.25) is 0 Å². The minimum Gasteiger partial charge on any atom is -0.404 e. The maximum absolute atomic E-state index is 13.8. The predicted molar refractivity (Wildman–Crippen MR) is 114 cm³/mol. The van der Waals surface area contributed by atoms with Crippen molar-refractivity contribution in [2.45, 2.75) is 30.7 Å². The number of carbonyl (C=O) groups is 1. The number of halogens is 7. The summed E-state index contributed by atoms with van der Waals surface area (Å²) in [5, 5.41) is 21.1. The fourth-order valence-electron chi connectivity index (χ4n) is 4.01. The molecule has 2 aromatic rings. The molecule has 1 heterocycles. The van der Waals surface area contributed by atoms with Gasteiger partial charge < -0.3 is 31.2 Å². The lowest BCUT2D eigenvalue weighted by molar-refractivity contribution is -0.275. The fourth-order valence-corrected chi connectivity index (χ4v) is 4.01. The van der Waals surface area contributed by atoms with Crippen LogP contribution in [0, 0.1) is 11.2 Å². The first-order valence-electron chi connectivity index (χ1n) is 10.1. The van der Waals surface area contributed by atoms with Crippen molar-refractivity contribution >= 4 is 17.8 Å². The number of carbonyl (C=O) groups excluding carboxylic acids is 1. The van der Waals surface area contributed by atoms with E-state index in [2.05, 4.69) is 10.1 Å². The van der Waals surface area contributed by atoms with E-state index in [4.69, 9.17) is 11.1 Å². The van der Waals surface area contributed by atoms with Crippen LogP contribution < -0.4 is 15.8 Å². The van der Waals surface area contributed by atoms with Gasteiger partial charge in [0.2, 0.25) is 0 Å². The molecule has 0 bridgehead atoms. The van der Waals surface area contributed by atoms with Gasteiger partial charge in [0.1, 0.15) is 12.8 Å². The number of alkyl halides is 6. The minimum atomic E-state index is -5.21. The summed E-state index contributed by atoms with van der Waals surface area (Å²) in [7, 11) is 0. The largest absolute Gasteiger partial charge is 0.573 e. The average molecular weight is 520 g/mol. The van der Waals surface area contributed by atoms with Gasteiger partial charge in [0, 0.05) is 35.3 Å². The molecule has 0 aromatic heterocycles. The van der Waals surface area contributed by atoms with Crippen LogP contribution in [0.1, 0.15) is 21.8 Å². The highest BCUT2D eigenvalue weighted by molar-refractivity contribution is 5.99. The first-order valence-corrected chi connectivity index (χ1v) is 10.1. The van der Waals surface area contributed by atoms with Crippen LogP contribution in [-0.4, -0.2) is 53.5 Å². The highest BCUT2D eigenvalue weighted by Gasteiger charge is 2.48. The van der Waals surface area contributed by atoms with Crippen molar-refractivity contribution in [2.24, 2.45) is 5.73 Å². The predicted octanol–water partition coefficient (Wildman–Crippen LogP) is 4.12. The van der Waals surface area contributed by atoms with Gasteiger partial charge in [0.05, 0.1) is 12.0 Å². The molecule has 0 aliphatic carbocycles. The van der Waals surface area contributed by atoms with Gasteiger partial charge in [-0.05, 0) is 23.8 Å². The van der Waals surface area contributed by atoms with E-state index >= 15 is 0 Å². The number of nitrogens with one attached hydrogen (secondary N) is 2. The summed E-state index contributed by atoms with van der Waals surface area (Å²) in [6, 6.07) is 6.10. The second-order valence-electron chi connectivity index (χ2n) is 7.70. The maximum Gasteiger partial charge on any atom is 0.573 e. The molecule has 5 N–H and O–H groups in total. The molecule has 36 heavy (non-hydrogen) atoms. The smallest absolute Gasteiger partial charge is 0.404 e. The molecule has 3 atom stereocenters. The maximum atomic E-state index is 13.8. The van der Waals surface area contributed by atoms with Crippen LogP contribution in [0.25, 0.3) is 0 Å². The monoisotopic (exact) mass is 520 g/mol. The number of hydrogen-bond donors (Lipinski definition) is 4. The third-order valence-electron chi connectivity index (χ3n) is 5.35. The molecule has 3 rings (SSSR count). The Hall–Kier alpha value is -3.81. The van der Waals surface area contributed by atoms with Crippen LogP contribution in [-0.2, 0) is 0 Å². The van der Waals surface area contributed by atoms with Gasteiger partial charge in [0.15, 0.2) is 11.6 Å². The minimum absolute atomic E-state index is 0.0981. The molecule has 0 saturated carbocycles. The van der Waals surface area contributed by atoms with Gasteiger partial charge in [-0.3, -0.25) is 4.79 Å². The fraction of sp³-hybridized carbons (Fsp3) is 0.273. The van der Waals surface area contributed by atoms with Crippen molar-refractivity contribution in [1.29, 1.82) is 5.41 Å². The SMILES string of the molecule is N=CC(=CN)[C@@H]1[C@@H](C(O)Nc2ccc(F)c(OC(F)(F)F)c2)c2ccccc2C(=O)N1CC(F)(F)F. The van der Waals surface area contributed by atoms with E-state index in [-0.39, 0.29) is 22.4 Å². The van der Waals surface area contributed by atoms with E-state index in [0.29, 0.717) is 23.2 Å². The first kappa shape index (κ1) is 26.8. The molecule has 0 fully saturated rings. The van der Waals surface area contributed by atoms with Crippen LogP contribution >= 0.6 is 0 Å². The summed E-state index contributed by atoms with van der Waals surface area (Å²) < 4.78 is 95.3. The Balaban J connectivity index is 2.09. The topological polar surface area (TPSA) is 112 Å². The quantitative estimate of drug-likeness (QED) is 0.250. The van der Waals surface area contributed by atoms with Crippen molar-refractivity contribution in [1.82, 2.24) is 4.90 Å². The normalized spacial score (nSPS) is 19.5. The summed E-state index contributed by atoms with van der Waals surface area (Å²) in [5.74, 6) is -4.97. The number of amides is 1. The number of anilines is 1. The van der Waals surface area contributed by atoms with E-state index < -0.39 is 54.7 Å². The van der Waals surface area contributed by atoms with Crippen molar-refractivity contribution in [3.63, 3.8) is 0 Å². The summed E-state index contributed by atoms with van der Waals surface area (Å²) in [4.78, 5) is 13.4. The molecule has 1 unspecified atom stereocenters. The number of nitrogens with two attached hydrogens (primary N) is 1. The zero-order valence-electron chi connectivity index (χ0n) is 18.1. The molecule has 0 saturated heterocycles. The number of hydrogen-bond acceptors (Lipinski definition) is 6. The summed E-state index contributed by atoms with van der Waals surface area (Å²) >= 11 is 0. The highest BCUT2D eigenvalue weighted by Crippen LogP contribution is 2.40. The number of aliphatic hydroxyl groups is 1. The number of rotatable bonds is 7. The van der Waals surface area contributed by atoms with Crippen molar-refractivity contribution in [3.05, 3.63) is 71.2 Å². The van der Waals surface area contributed by atoms with E-state index in [0.717, 1.165) is 12.3 Å². The van der Waals surface area contributed by atoms with Crippen LogP contribution in [0.15, 0.2) is 54.2 Å². The third-order valence-corrected chi connectivity index (χ3v) is 5.35. The van der Waals surface area contributed by atoms with Crippen molar-refractivity contribution < 1.29 is 45.4 Å². The van der Waals surface area contributed by atoms with E-state index in [9.17, 15) is 40.6 Å². The van der Waals surface area contributed by atoms with Crippen LogP contribution in [0.4, 0.5) is 36.4 Å². The number of ether oxygens (including phenoxy) is 1. The molecular formula is C22H19F7N4O3. The molecule has 0 spiro atoms. The summed E-state index contributed by atoms with van der Waals surface area (Å²) in [5.41, 5.74) is 4.94. The lowest BCUT2D eigenvalue weighted by atomic mass is 9.78. The first-order chi connectivity index (χ1) is 16.8. The Bertz CT molecular complexity index is 1170. The molecular weight excluding hydrogens is 501 g/mol. The van der Waals surface area contributed by atoms with Crippen LogP contribution in [0.5, 0.6) is 5.75 Å². The van der Waals surface area contributed by atoms with E-state index in [1.54, 1.807) is 0 Å². The molecule has 7 nitrogen and oxygen atoms in total. The Morgan fingerprint density at radius 3 is 2.44 bits per heavy atom. The van der Waals surface area contributed by atoms with Gasteiger partial charge in [-0.15, -0.1) is 13.2 Å². The molecule has 1 amide bonds. The second kappa shape index (κ2) is 10.0. The number of benzene rings is 2. The number of aliphatic hydroxyl groups excluding tert-OH is 1. The van der Waals surface area contributed by atoms with Gasteiger partial charge in [-0.2, -0.15) is 13.2 Å². The summed E-state index contributed by atoms with van der Waals surface area (Å²) in [6.45, 7) is -1.74. The highest BCUT2D eigenvalue weighted by atomic mass is 19.4. The molecule has 194 valence electrons. The number of nitrogens with zero attached hydrogens (tertiary/aromatic N) is 1. The number of fused-ring (bicyclic) bond motifs is 1. The lowest BCUT2D eigenvalue weighted by Gasteiger charge is -2.44.